The van der Waals surface area contributed by atoms with Gasteiger partial charge in [-0.25, -0.2) is 4.98 Å². The highest BCUT2D eigenvalue weighted by molar-refractivity contribution is 5.79. The molecule has 3 rings (SSSR count). The van der Waals surface area contributed by atoms with E-state index in [0.29, 0.717) is 18.4 Å². The van der Waals surface area contributed by atoms with Crippen LogP contribution in [0.5, 0.6) is 0 Å². The van der Waals surface area contributed by atoms with Crippen molar-refractivity contribution in [3.05, 3.63) is 30.1 Å². The van der Waals surface area contributed by atoms with E-state index in [4.69, 9.17) is 0 Å². The average Bonchev–Trinajstić information content (AvgIpc) is 2.67. The molecule has 0 unspecified atom stereocenters. The number of aromatic nitrogens is 2. The number of aliphatic hydroxyl groups is 1. The second-order valence-corrected chi connectivity index (χ2v) is 5.38. The average molecular weight is 270 g/mol. The molecule has 2 aromatic rings. The molecular formula is C13H13F3N2O. The summed E-state index contributed by atoms with van der Waals surface area (Å²) in [7, 11) is 0. The Morgan fingerprint density at radius 3 is 2.63 bits per heavy atom. The number of alkyl halides is 3. The van der Waals surface area contributed by atoms with Crippen molar-refractivity contribution < 1.29 is 18.3 Å². The predicted molar refractivity (Wildman–Crippen MR) is 63.6 cm³/mol. The molecule has 1 saturated carbocycles. The smallest absolute Gasteiger partial charge is 0.390 e. The molecule has 1 aromatic carbocycles. The fourth-order valence-electron chi connectivity index (χ4n) is 2.75. The summed E-state index contributed by atoms with van der Waals surface area (Å²) in [6.07, 6.45) is -2.07. The highest BCUT2D eigenvalue weighted by Crippen LogP contribution is 2.44. The van der Waals surface area contributed by atoms with E-state index in [1.807, 2.05) is 0 Å². The van der Waals surface area contributed by atoms with E-state index in [1.54, 1.807) is 13.0 Å². The van der Waals surface area contributed by atoms with Crippen LogP contribution in [0.25, 0.3) is 11.0 Å². The topological polar surface area (TPSA) is 38.0 Å². The molecule has 0 saturated heterocycles. The van der Waals surface area contributed by atoms with Crippen molar-refractivity contribution in [2.45, 2.75) is 37.6 Å². The van der Waals surface area contributed by atoms with E-state index >= 15 is 0 Å². The van der Waals surface area contributed by atoms with Gasteiger partial charge in [0.05, 0.1) is 28.5 Å². The maximum atomic E-state index is 13.0. The van der Waals surface area contributed by atoms with E-state index in [-0.39, 0.29) is 11.6 Å². The molecule has 1 N–H and O–H groups in total. The maximum Gasteiger partial charge on any atom is 0.418 e. The molecule has 102 valence electrons. The van der Waals surface area contributed by atoms with Gasteiger partial charge in [0.2, 0.25) is 0 Å². The molecule has 19 heavy (non-hydrogen) atoms. The first-order valence-electron chi connectivity index (χ1n) is 6.03. The Kier molecular flexibility index (Phi) is 2.44. The van der Waals surface area contributed by atoms with Gasteiger partial charge in [-0.1, -0.05) is 6.07 Å². The van der Waals surface area contributed by atoms with Crippen LogP contribution < -0.4 is 0 Å². The van der Waals surface area contributed by atoms with Gasteiger partial charge in [-0.05, 0) is 31.9 Å². The van der Waals surface area contributed by atoms with Crippen molar-refractivity contribution in [3.8, 4) is 0 Å². The van der Waals surface area contributed by atoms with Crippen molar-refractivity contribution in [1.82, 2.24) is 9.55 Å². The highest BCUT2D eigenvalue weighted by Gasteiger charge is 2.41. The van der Waals surface area contributed by atoms with Gasteiger partial charge in [0.25, 0.3) is 0 Å². The monoisotopic (exact) mass is 270 g/mol. The van der Waals surface area contributed by atoms with Gasteiger partial charge >= 0.3 is 6.18 Å². The van der Waals surface area contributed by atoms with Crippen LogP contribution in [-0.4, -0.2) is 20.3 Å². The lowest BCUT2D eigenvalue weighted by Gasteiger charge is -2.41. The lowest BCUT2D eigenvalue weighted by Crippen LogP contribution is -2.41. The Hall–Kier alpha value is -1.56. The first-order valence-corrected chi connectivity index (χ1v) is 6.03. The van der Waals surface area contributed by atoms with Crippen LogP contribution in [0, 0.1) is 0 Å². The Labute approximate surface area is 107 Å². The minimum Gasteiger partial charge on any atom is -0.390 e. The molecular weight excluding hydrogens is 257 g/mol. The first kappa shape index (κ1) is 12.5. The summed E-state index contributed by atoms with van der Waals surface area (Å²) < 4.78 is 40.6. The Morgan fingerprint density at radius 2 is 2.05 bits per heavy atom. The quantitative estimate of drug-likeness (QED) is 0.864. The summed E-state index contributed by atoms with van der Waals surface area (Å²) in [4.78, 5) is 4.02. The number of para-hydroxylation sites is 1. The maximum absolute atomic E-state index is 13.0. The molecule has 0 bridgehead atoms. The molecule has 1 aromatic heterocycles. The summed E-state index contributed by atoms with van der Waals surface area (Å²) >= 11 is 0. The zero-order valence-corrected chi connectivity index (χ0v) is 10.3. The van der Waals surface area contributed by atoms with Crippen molar-refractivity contribution in [2.24, 2.45) is 0 Å². The second-order valence-electron chi connectivity index (χ2n) is 5.38. The number of hydrogen-bond acceptors (Lipinski definition) is 2. The van der Waals surface area contributed by atoms with Gasteiger partial charge in [-0.15, -0.1) is 0 Å². The van der Waals surface area contributed by atoms with Crippen molar-refractivity contribution in [1.29, 1.82) is 0 Å². The highest BCUT2D eigenvalue weighted by atomic mass is 19.4. The van der Waals surface area contributed by atoms with Crippen LogP contribution in [0.1, 0.15) is 31.4 Å². The summed E-state index contributed by atoms with van der Waals surface area (Å²) in [6.45, 7) is 1.69. The number of hydrogen-bond donors (Lipinski definition) is 1. The molecule has 3 nitrogen and oxygen atoms in total. The summed E-state index contributed by atoms with van der Waals surface area (Å²) in [6, 6.07) is 3.87. The van der Waals surface area contributed by atoms with E-state index in [9.17, 15) is 18.3 Å². The number of fused-ring (bicyclic) bond motifs is 1. The molecule has 0 spiro atoms. The first-order chi connectivity index (χ1) is 8.78. The Balaban J connectivity index is 2.12. The van der Waals surface area contributed by atoms with Crippen LogP contribution in [0.2, 0.25) is 0 Å². The molecule has 0 radical (unpaired) electrons. The van der Waals surface area contributed by atoms with E-state index in [2.05, 4.69) is 4.98 Å². The minimum absolute atomic E-state index is 0.107. The van der Waals surface area contributed by atoms with Crippen LogP contribution >= 0.6 is 0 Å². The lowest BCUT2D eigenvalue weighted by molar-refractivity contribution is -0.136. The molecule has 0 aliphatic heterocycles. The fourth-order valence-corrected chi connectivity index (χ4v) is 2.75. The minimum atomic E-state index is -4.40. The largest absolute Gasteiger partial charge is 0.418 e. The molecule has 0 amide bonds. The van der Waals surface area contributed by atoms with E-state index in [1.165, 1.54) is 17.0 Å². The van der Waals surface area contributed by atoms with Crippen LogP contribution in [0.15, 0.2) is 24.5 Å². The normalized spacial score (nSPS) is 27.5. The molecule has 0 atom stereocenters. The van der Waals surface area contributed by atoms with Crippen molar-refractivity contribution >= 4 is 11.0 Å². The van der Waals surface area contributed by atoms with Gasteiger partial charge in [0.15, 0.2) is 0 Å². The summed E-state index contributed by atoms with van der Waals surface area (Å²) in [5.41, 5.74) is -1.01. The molecule has 6 heteroatoms. The zero-order chi connectivity index (χ0) is 13.8. The third kappa shape index (κ3) is 2.00. The fraction of sp³-hybridized carbons (Fsp3) is 0.462. The third-order valence-electron chi connectivity index (χ3n) is 3.64. The zero-order valence-electron chi connectivity index (χ0n) is 10.3. The Bertz CT molecular complexity index is 622. The molecule has 1 aliphatic carbocycles. The van der Waals surface area contributed by atoms with Crippen LogP contribution in [0.3, 0.4) is 0 Å². The summed E-state index contributed by atoms with van der Waals surface area (Å²) in [5, 5.41) is 9.73. The van der Waals surface area contributed by atoms with Gasteiger partial charge < -0.3 is 9.67 Å². The number of benzene rings is 1. The third-order valence-corrected chi connectivity index (χ3v) is 3.64. The van der Waals surface area contributed by atoms with Crippen LogP contribution in [-0.2, 0) is 6.18 Å². The summed E-state index contributed by atoms with van der Waals surface area (Å²) in [5.74, 6) is 0. The van der Waals surface area contributed by atoms with Crippen molar-refractivity contribution in [3.63, 3.8) is 0 Å². The molecule has 1 aliphatic rings. The number of nitrogens with zero attached hydrogens (tertiary/aromatic N) is 2. The van der Waals surface area contributed by atoms with Gasteiger partial charge in [-0.3, -0.25) is 0 Å². The van der Waals surface area contributed by atoms with Crippen molar-refractivity contribution in [2.75, 3.05) is 0 Å². The lowest BCUT2D eigenvalue weighted by atomic mass is 9.77. The molecule has 1 fully saturated rings. The standard InChI is InChI=1S/C13H13F3N2O/c1-12(19)5-8(6-12)18-7-17-10-4-2-3-9(11(10)18)13(14,15)16/h2-4,7-8,19H,5-6H2,1H3. The second kappa shape index (κ2) is 3.72. The van der Waals surface area contributed by atoms with E-state index < -0.39 is 17.3 Å². The number of imidazole rings is 1. The Morgan fingerprint density at radius 1 is 1.37 bits per heavy atom. The van der Waals surface area contributed by atoms with Gasteiger partial charge in [0, 0.05) is 6.04 Å². The van der Waals surface area contributed by atoms with Crippen LogP contribution in [0.4, 0.5) is 13.2 Å². The SMILES string of the molecule is CC1(O)CC(n2cnc3cccc(C(F)(F)F)c32)C1. The van der Waals surface area contributed by atoms with Gasteiger partial charge in [0.1, 0.15) is 0 Å². The van der Waals surface area contributed by atoms with E-state index in [0.717, 1.165) is 6.07 Å². The predicted octanol–water partition coefficient (Wildman–Crippen LogP) is 3.14. The molecule has 1 heterocycles. The number of rotatable bonds is 1. The van der Waals surface area contributed by atoms with Gasteiger partial charge in [-0.2, -0.15) is 13.2 Å². The number of halogens is 3.